The van der Waals surface area contributed by atoms with E-state index >= 15 is 0 Å². The summed E-state index contributed by atoms with van der Waals surface area (Å²) in [5.41, 5.74) is 0.756. The molecule has 1 rings (SSSR count). The molecule has 2 amide bonds. The van der Waals surface area contributed by atoms with E-state index in [1.165, 1.54) is 4.90 Å². The first-order valence-corrected chi connectivity index (χ1v) is 7.05. The molecule has 0 radical (unpaired) electrons. The Morgan fingerprint density at radius 1 is 1.26 bits per heavy atom. The summed E-state index contributed by atoms with van der Waals surface area (Å²) in [6.45, 7) is 3.88. The van der Waals surface area contributed by atoms with E-state index in [1.807, 2.05) is 38.1 Å². The van der Waals surface area contributed by atoms with Crippen LogP contribution in [0.25, 0.3) is 0 Å². The van der Waals surface area contributed by atoms with E-state index in [2.05, 4.69) is 5.32 Å². The number of anilines is 1. The number of hydrogen-bond donors (Lipinski definition) is 1. The molecule has 104 valence electrons. The molecule has 0 heterocycles. The van der Waals surface area contributed by atoms with Crippen LogP contribution in [0.3, 0.4) is 0 Å². The van der Waals surface area contributed by atoms with E-state index in [-0.39, 0.29) is 17.1 Å². The molecular formula is C14H20N2O2S. The van der Waals surface area contributed by atoms with Crippen molar-refractivity contribution in [2.75, 3.05) is 19.4 Å². The Balaban J connectivity index is 2.62. The molecule has 0 fully saturated rings. The number of nitrogens with zero attached hydrogens (tertiary/aromatic N) is 1. The molecule has 1 atom stereocenters. The zero-order chi connectivity index (χ0) is 14.4. The van der Waals surface area contributed by atoms with Gasteiger partial charge in [0.1, 0.15) is 0 Å². The van der Waals surface area contributed by atoms with Gasteiger partial charge in [0.2, 0.25) is 5.91 Å². The number of rotatable bonds is 4. The van der Waals surface area contributed by atoms with Gasteiger partial charge in [-0.1, -0.05) is 13.8 Å². The summed E-state index contributed by atoms with van der Waals surface area (Å²) in [5.74, 6) is 0.0247. The molecule has 1 aromatic rings. The maximum absolute atomic E-state index is 11.7. The van der Waals surface area contributed by atoms with Gasteiger partial charge >= 0.3 is 0 Å². The Bertz CT molecular complexity index is 443. The molecule has 1 unspecified atom stereocenters. The average Bonchev–Trinajstić information content (AvgIpc) is 2.39. The lowest BCUT2D eigenvalue weighted by molar-refractivity contribution is -0.119. The van der Waals surface area contributed by atoms with Crippen molar-refractivity contribution in [3.05, 3.63) is 24.3 Å². The average molecular weight is 280 g/mol. The summed E-state index contributed by atoms with van der Waals surface area (Å²) < 4.78 is 0. The summed E-state index contributed by atoms with van der Waals surface area (Å²) in [6.07, 6.45) is 0.817. The Labute approximate surface area is 118 Å². The van der Waals surface area contributed by atoms with Gasteiger partial charge in [-0.05, 0) is 42.4 Å². The minimum absolute atomic E-state index is 0.00405. The first-order valence-electron chi connectivity index (χ1n) is 6.24. The molecular weight excluding hydrogens is 260 g/mol. The first-order chi connectivity index (χ1) is 8.93. The Morgan fingerprint density at radius 2 is 1.84 bits per heavy atom. The van der Waals surface area contributed by atoms with Gasteiger partial charge in [0, 0.05) is 30.6 Å². The fourth-order valence-corrected chi connectivity index (χ4v) is 1.91. The summed E-state index contributed by atoms with van der Waals surface area (Å²) in [7, 11) is 3.44. The molecule has 0 aromatic heterocycles. The SMILES string of the molecule is CCC(C)C(=O)Nc1ccc(SC(=O)N(C)C)cc1. The molecule has 0 spiro atoms. The molecule has 0 saturated carbocycles. The highest BCUT2D eigenvalue weighted by molar-refractivity contribution is 8.13. The number of nitrogens with one attached hydrogen (secondary N) is 1. The van der Waals surface area contributed by atoms with Crippen molar-refractivity contribution in [1.29, 1.82) is 0 Å². The zero-order valence-electron chi connectivity index (χ0n) is 11.8. The highest BCUT2D eigenvalue weighted by Crippen LogP contribution is 2.22. The third-order valence-corrected chi connectivity index (χ3v) is 3.80. The second kappa shape index (κ2) is 7.19. The van der Waals surface area contributed by atoms with Crippen LogP contribution in [-0.4, -0.2) is 30.1 Å². The van der Waals surface area contributed by atoms with E-state index < -0.39 is 0 Å². The van der Waals surface area contributed by atoms with Crippen LogP contribution in [0, 0.1) is 5.92 Å². The van der Waals surface area contributed by atoms with E-state index in [0.29, 0.717) is 0 Å². The van der Waals surface area contributed by atoms with Crippen LogP contribution < -0.4 is 5.32 Å². The van der Waals surface area contributed by atoms with Crippen LogP contribution in [0.2, 0.25) is 0 Å². The maximum atomic E-state index is 11.7. The molecule has 4 nitrogen and oxygen atoms in total. The normalized spacial score (nSPS) is 11.8. The third-order valence-electron chi connectivity index (χ3n) is 2.75. The number of carbonyl (C=O) groups excluding carboxylic acids is 2. The molecule has 0 aliphatic heterocycles. The van der Waals surface area contributed by atoms with Crippen molar-refractivity contribution in [2.24, 2.45) is 5.92 Å². The van der Waals surface area contributed by atoms with Crippen molar-refractivity contribution < 1.29 is 9.59 Å². The van der Waals surface area contributed by atoms with Gasteiger partial charge in [-0.25, -0.2) is 0 Å². The number of hydrogen-bond acceptors (Lipinski definition) is 3. The Morgan fingerprint density at radius 3 is 2.32 bits per heavy atom. The highest BCUT2D eigenvalue weighted by atomic mass is 32.2. The second-order valence-electron chi connectivity index (χ2n) is 4.59. The van der Waals surface area contributed by atoms with E-state index in [0.717, 1.165) is 28.8 Å². The lowest BCUT2D eigenvalue weighted by Crippen LogP contribution is -2.19. The summed E-state index contributed by atoms with van der Waals surface area (Å²) in [6, 6.07) is 7.29. The molecule has 0 bridgehead atoms. The summed E-state index contributed by atoms with van der Waals surface area (Å²) in [4.78, 5) is 25.6. The molecule has 5 heteroatoms. The maximum Gasteiger partial charge on any atom is 0.285 e. The van der Waals surface area contributed by atoms with Crippen LogP contribution in [0.1, 0.15) is 20.3 Å². The van der Waals surface area contributed by atoms with Gasteiger partial charge in [0.25, 0.3) is 5.24 Å². The lowest BCUT2D eigenvalue weighted by atomic mass is 10.1. The van der Waals surface area contributed by atoms with Gasteiger partial charge in [0.05, 0.1) is 0 Å². The summed E-state index contributed by atoms with van der Waals surface area (Å²) >= 11 is 1.16. The molecule has 0 aliphatic rings. The van der Waals surface area contributed by atoms with Crippen molar-refractivity contribution in [3.8, 4) is 0 Å². The fourth-order valence-electron chi connectivity index (χ4n) is 1.25. The van der Waals surface area contributed by atoms with Gasteiger partial charge in [-0.3, -0.25) is 9.59 Å². The predicted molar refractivity (Wildman–Crippen MR) is 79.5 cm³/mol. The minimum Gasteiger partial charge on any atom is -0.339 e. The topological polar surface area (TPSA) is 49.4 Å². The zero-order valence-corrected chi connectivity index (χ0v) is 12.6. The monoisotopic (exact) mass is 280 g/mol. The number of carbonyl (C=O) groups is 2. The number of benzene rings is 1. The molecule has 1 aromatic carbocycles. The highest BCUT2D eigenvalue weighted by Gasteiger charge is 2.11. The minimum atomic E-state index is -0.0172. The van der Waals surface area contributed by atoms with Crippen LogP contribution in [-0.2, 0) is 4.79 Å². The van der Waals surface area contributed by atoms with Crippen molar-refractivity contribution >= 4 is 28.6 Å². The van der Waals surface area contributed by atoms with Gasteiger partial charge in [0.15, 0.2) is 0 Å². The van der Waals surface area contributed by atoms with Gasteiger partial charge < -0.3 is 10.2 Å². The number of thioether (sulfide) groups is 1. The Hall–Kier alpha value is -1.49. The van der Waals surface area contributed by atoms with E-state index in [9.17, 15) is 9.59 Å². The van der Waals surface area contributed by atoms with Crippen LogP contribution in [0.4, 0.5) is 10.5 Å². The van der Waals surface area contributed by atoms with Crippen LogP contribution in [0.15, 0.2) is 29.2 Å². The van der Waals surface area contributed by atoms with Crippen molar-refractivity contribution in [3.63, 3.8) is 0 Å². The fraction of sp³-hybridized carbons (Fsp3) is 0.429. The Kier molecular flexibility index (Phi) is 5.89. The van der Waals surface area contributed by atoms with Gasteiger partial charge in [-0.2, -0.15) is 0 Å². The molecule has 1 N–H and O–H groups in total. The summed E-state index contributed by atoms with van der Waals surface area (Å²) in [5, 5.41) is 2.84. The van der Waals surface area contributed by atoms with E-state index in [1.54, 1.807) is 14.1 Å². The number of amides is 2. The predicted octanol–water partition coefficient (Wildman–Crippen LogP) is 3.44. The molecule has 19 heavy (non-hydrogen) atoms. The smallest absolute Gasteiger partial charge is 0.285 e. The van der Waals surface area contributed by atoms with Crippen LogP contribution in [0.5, 0.6) is 0 Å². The van der Waals surface area contributed by atoms with Crippen LogP contribution >= 0.6 is 11.8 Å². The standard InChI is InChI=1S/C14H20N2O2S/c1-5-10(2)13(17)15-11-6-8-12(9-7-11)19-14(18)16(3)4/h6-10H,5H2,1-4H3,(H,15,17). The molecule has 0 saturated heterocycles. The van der Waals surface area contributed by atoms with Crippen molar-refractivity contribution in [2.45, 2.75) is 25.2 Å². The third kappa shape index (κ3) is 4.95. The first kappa shape index (κ1) is 15.6. The molecule has 0 aliphatic carbocycles. The second-order valence-corrected chi connectivity index (χ2v) is 5.61. The lowest BCUT2D eigenvalue weighted by Gasteiger charge is -2.11. The van der Waals surface area contributed by atoms with Crippen molar-refractivity contribution in [1.82, 2.24) is 4.90 Å². The van der Waals surface area contributed by atoms with Gasteiger partial charge in [-0.15, -0.1) is 0 Å². The largest absolute Gasteiger partial charge is 0.339 e. The van der Waals surface area contributed by atoms with E-state index in [4.69, 9.17) is 0 Å². The quantitative estimate of drug-likeness (QED) is 0.859.